The fourth-order valence-corrected chi connectivity index (χ4v) is 2.88. The molecule has 1 aliphatic heterocycles. The highest BCUT2D eigenvalue weighted by Gasteiger charge is 2.36. The van der Waals surface area contributed by atoms with Gasteiger partial charge >= 0.3 is 0 Å². The molecule has 3 heteroatoms. The van der Waals surface area contributed by atoms with Crippen molar-refractivity contribution in [3.05, 3.63) is 47.0 Å². The Bertz CT molecular complexity index is 457. The summed E-state index contributed by atoms with van der Waals surface area (Å²) in [5, 5.41) is 3.70. The van der Waals surface area contributed by atoms with E-state index in [0.717, 1.165) is 26.1 Å². The first-order chi connectivity index (χ1) is 9.59. The van der Waals surface area contributed by atoms with Crippen LogP contribution in [0.15, 0.2) is 41.4 Å². The molecular formula is C17H25ClN2. The molecule has 1 aliphatic rings. The van der Waals surface area contributed by atoms with E-state index in [1.165, 1.54) is 11.1 Å². The monoisotopic (exact) mass is 292 g/mol. The molecule has 0 amide bonds. The van der Waals surface area contributed by atoms with Crippen molar-refractivity contribution in [1.29, 1.82) is 0 Å². The van der Waals surface area contributed by atoms with Gasteiger partial charge in [0, 0.05) is 36.8 Å². The lowest BCUT2D eigenvalue weighted by atomic mass is 9.90. The van der Waals surface area contributed by atoms with Crippen molar-refractivity contribution in [2.24, 2.45) is 0 Å². The molecule has 0 saturated carbocycles. The molecule has 20 heavy (non-hydrogen) atoms. The average Bonchev–Trinajstić information content (AvgIpc) is 2.50. The first-order valence-electron chi connectivity index (χ1n) is 7.38. The number of nitrogens with one attached hydrogen (secondary N) is 1. The summed E-state index contributed by atoms with van der Waals surface area (Å²) in [6.07, 6.45) is 1.14. The Morgan fingerprint density at radius 1 is 1.45 bits per heavy atom. The van der Waals surface area contributed by atoms with Gasteiger partial charge in [0.1, 0.15) is 0 Å². The molecule has 1 aromatic rings. The summed E-state index contributed by atoms with van der Waals surface area (Å²) in [5.41, 5.74) is 4.49. The Kier molecular flexibility index (Phi) is 5.25. The number of hydrogen-bond donors (Lipinski definition) is 1. The minimum Gasteiger partial charge on any atom is -0.307 e. The normalized spacial score (nSPS) is 28.6. The summed E-state index contributed by atoms with van der Waals surface area (Å²) >= 11 is 5.86. The molecule has 0 aromatic heterocycles. The van der Waals surface area contributed by atoms with Gasteiger partial charge in [-0.15, -0.1) is 0 Å². The predicted molar refractivity (Wildman–Crippen MR) is 87.1 cm³/mol. The molecule has 0 aliphatic carbocycles. The van der Waals surface area contributed by atoms with Crippen molar-refractivity contribution >= 4 is 11.6 Å². The number of piperazine rings is 1. The van der Waals surface area contributed by atoms with E-state index >= 15 is 0 Å². The van der Waals surface area contributed by atoms with E-state index in [1.54, 1.807) is 5.54 Å². The molecule has 2 atom stereocenters. The van der Waals surface area contributed by atoms with Gasteiger partial charge in [0.05, 0.1) is 0 Å². The second kappa shape index (κ2) is 6.75. The van der Waals surface area contributed by atoms with Crippen LogP contribution < -0.4 is 5.32 Å². The highest BCUT2D eigenvalue weighted by atomic mass is 35.5. The Balaban J connectivity index is 2.16. The summed E-state index contributed by atoms with van der Waals surface area (Å²) in [7, 11) is 0. The first kappa shape index (κ1) is 15.6. The molecule has 0 radical (unpaired) electrons. The van der Waals surface area contributed by atoms with Crippen molar-refractivity contribution in [3.8, 4) is 0 Å². The van der Waals surface area contributed by atoms with Gasteiger partial charge in [-0.3, -0.25) is 4.90 Å². The average molecular weight is 293 g/mol. The zero-order valence-corrected chi connectivity index (χ0v) is 13.5. The van der Waals surface area contributed by atoms with Crippen LogP contribution in [-0.2, 0) is 0 Å². The fourth-order valence-electron chi connectivity index (χ4n) is 2.81. The van der Waals surface area contributed by atoms with Gasteiger partial charge in [-0.1, -0.05) is 48.9 Å². The van der Waals surface area contributed by atoms with Crippen LogP contribution in [0.25, 0.3) is 0 Å². The van der Waals surface area contributed by atoms with Gasteiger partial charge in [-0.25, -0.2) is 0 Å². The maximum absolute atomic E-state index is 5.86. The van der Waals surface area contributed by atoms with Crippen molar-refractivity contribution < 1.29 is 0 Å². The van der Waals surface area contributed by atoms with E-state index in [2.05, 4.69) is 61.3 Å². The first-order valence-corrected chi connectivity index (χ1v) is 7.82. The lowest BCUT2D eigenvalue weighted by Gasteiger charge is -2.48. The van der Waals surface area contributed by atoms with Crippen LogP contribution in [0.3, 0.4) is 0 Å². The smallest absolute Gasteiger partial charge is 0.0450 e. The lowest BCUT2D eigenvalue weighted by molar-refractivity contribution is 0.0578. The van der Waals surface area contributed by atoms with Gasteiger partial charge < -0.3 is 5.32 Å². The van der Waals surface area contributed by atoms with Gasteiger partial charge in [0.25, 0.3) is 0 Å². The summed E-state index contributed by atoms with van der Waals surface area (Å²) in [6, 6.07) is 11.1. The molecule has 2 nitrogen and oxygen atoms in total. The van der Waals surface area contributed by atoms with Crippen molar-refractivity contribution in [2.45, 2.75) is 38.8 Å². The van der Waals surface area contributed by atoms with Crippen LogP contribution in [0.4, 0.5) is 0 Å². The minimum atomic E-state index is 0.201. The Labute approximate surface area is 127 Å². The molecule has 0 bridgehead atoms. The van der Waals surface area contributed by atoms with E-state index in [1.807, 2.05) is 0 Å². The standard InChI is InChI=1S/C17H25ClN2/c1-4-17(3)13-19-16(15-8-6-5-7-9-15)12-20(17)11-14(2)10-18/h5-10,16,19H,4,11-13H2,1-3H3/b14-10+. The quantitative estimate of drug-likeness (QED) is 0.904. The van der Waals surface area contributed by atoms with E-state index in [-0.39, 0.29) is 5.54 Å². The Morgan fingerprint density at radius 3 is 2.75 bits per heavy atom. The Hall–Kier alpha value is -0.830. The predicted octanol–water partition coefficient (Wildman–Crippen LogP) is 3.94. The third-order valence-electron chi connectivity index (χ3n) is 4.49. The molecular weight excluding hydrogens is 268 g/mol. The lowest BCUT2D eigenvalue weighted by Crippen LogP contribution is -2.60. The summed E-state index contributed by atoms with van der Waals surface area (Å²) < 4.78 is 0. The zero-order valence-electron chi connectivity index (χ0n) is 12.7. The molecule has 110 valence electrons. The highest BCUT2D eigenvalue weighted by Crippen LogP contribution is 2.29. The maximum atomic E-state index is 5.86. The zero-order chi connectivity index (χ0) is 14.6. The number of halogens is 1. The van der Waals surface area contributed by atoms with E-state index in [0.29, 0.717) is 6.04 Å². The molecule has 0 spiro atoms. The van der Waals surface area contributed by atoms with E-state index < -0.39 is 0 Å². The summed E-state index contributed by atoms with van der Waals surface area (Å²) in [4.78, 5) is 2.56. The van der Waals surface area contributed by atoms with E-state index in [4.69, 9.17) is 11.6 Å². The third kappa shape index (κ3) is 3.43. The maximum Gasteiger partial charge on any atom is 0.0450 e. The van der Waals surface area contributed by atoms with Gasteiger partial charge in [-0.05, 0) is 31.4 Å². The van der Waals surface area contributed by atoms with Crippen LogP contribution in [0.2, 0.25) is 0 Å². The van der Waals surface area contributed by atoms with Crippen LogP contribution in [-0.4, -0.2) is 30.1 Å². The molecule has 2 rings (SSSR count). The Morgan fingerprint density at radius 2 is 2.15 bits per heavy atom. The molecule has 1 N–H and O–H groups in total. The van der Waals surface area contributed by atoms with Crippen LogP contribution in [0.5, 0.6) is 0 Å². The topological polar surface area (TPSA) is 15.3 Å². The largest absolute Gasteiger partial charge is 0.307 e. The van der Waals surface area contributed by atoms with Gasteiger partial charge in [-0.2, -0.15) is 0 Å². The van der Waals surface area contributed by atoms with Crippen molar-refractivity contribution in [3.63, 3.8) is 0 Å². The SMILES string of the molecule is CCC1(C)CNC(c2ccccc2)CN1C/C(C)=C/Cl. The van der Waals surface area contributed by atoms with Crippen molar-refractivity contribution in [2.75, 3.05) is 19.6 Å². The van der Waals surface area contributed by atoms with E-state index in [9.17, 15) is 0 Å². The number of benzene rings is 1. The second-order valence-corrected chi connectivity index (χ2v) is 6.25. The molecule has 1 saturated heterocycles. The molecule has 1 heterocycles. The number of nitrogens with zero attached hydrogens (tertiary/aromatic N) is 1. The molecule has 1 fully saturated rings. The van der Waals surface area contributed by atoms with Crippen LogP contribution >= 0.6 is 11.6 Å². The van der Waals surface area contributed by atoms with Gasteiger partial charge in [0.15, 0.2) is 0 Å². The fraction of sp³-hybridized carbons (Fsp3) is 0.529. The molecule has 1 aromatic carbocycles. The highest BCUT2D eigenvalue weighted by molar-refractivity contribution is 6.25. The van der Waals surface area contributed by atoms with Gasteiger partial charge in [0.2, 0.25) is 0 Å². The van der Waals surface area contributed by atoms with Crippen molar-refractivity contribution in [1.82, 2.24) is 10.2 Å². The summed E-state index contributed by atoms with van der Waals surface area (Å²) in [6.45, 7) is 9.68. The number of rotatable bonds is 4. The second-order valence-electron chi connectivity index (χ2n) is 6.03. The van der Waals surface area contributed by atoms with Crippen LogP contribution in [0, 0.1) is 0 Å². The molecule has 2 unspecified atom stereocenters. The minimum absolute atomic E-state index is 0.201. The third-order valence-corrected chi connectivity index (χ3v) is 4.86. The number of hydrogen-bond acceptors (Lipinski definition) is 2. The summed E-state index contributed by atoms with van der Waals surface area (Å²) in [5.74, 6) is 0. The van der Waals surface area contributed by atoms with Crippen LogP contribution in [0.1, 0.15) is 38.8 Å².